The Morgan fingerprint density at radius 1 is 1.35 bits per heavy atom. The van der Waals surface area contributed by atoms with Crippen molar-refractivity contribution in [3.63, 3.8) is 0 Å². The van der Waals surface area contributed by atoms with E-state index in [9.17, 15) is 9.59 Å². The molecule has 23 heavy (non-hydrogen) atoms. The third-order valence-corrected chi connectivity index (χ3v) is 4.45. The lowest BCUT2D eigenvalue weighted by Crippen LogP contribution is -2.17. The number of furan rings is 1. The number of thiocarbonyl (C=S) groups is 1. The average Bonchev–Trinajstić information content (AvgIpc) is 3.06. The number of aromatic carboxylic acids is 1. The fourth-order valence-electron chi connectivity index (χ4n) is 2.15. The first kappa shape index (κ1) is 15.5. The van der Waals surface area contributed by atoms with E-state index in [0.29, 0.717) is 26.3 Å². The van der Waals surface area contributed by atoms with Gasteiger partial charge in [-0.25, -0.2) is 4.79 Å². The molecule has 1 aromatic carbocycles. The number of carbonyl (C=O) groups excluding carboxylic acids is 1. The first-order valence-electron chi connectivity index (χ1n) is 6.63. The number of carboxylic acid groups (broad SMARTS) is 1. The van der Waals surface area contributed by atoms with Crippen LogP contribution in [0.15, 0.2) is 39.7 Å². The van der Waals surface area contributed by atoms with Crippen molar-refractivity contribution in [1.29, 1.82) is 0 Å². The second-order valence-corrected chi connectivity index (χ2v) is 6.61. The highest BCUT2D eigenvalue weighted by Gasteiger charge is 2.22. The molecule has 0 bridgehead atoms. The van der Waals surface area contributed by atoms with Crippen molar-refractivity contribution >= 4 is 46.3 Å². The van der Waals surface area contributed by atoms with E-state index in [4.69, 9.17) is 21.7 Å². The van der Waals surface area contributed by atoms with Crippen LogP contribution in [-0.2, 0) is 4.79 Å². The molecule has 3 rings (SSSR count). The van der Waals surface area contributed by atoms with Crippen LogP contribution in [0.5, 0.6) is 0 Å². The molecule has 0 unspecified atom stereocenters. The summed E-state index contributed by atoms with van der Waals surface area (Å²) in [7, 11) is 0. The van der Waals surface area contributed by atoms with E-state index in [0.717, 1.165) is 5.56 Å². The molecular weight excluding hydrogens is 334 g/mol. The zero-order valence-corrected chi connectivity index (χ0v) is 13.6. The largest absolute Gasteiger partial charge is 0.478 e. The highest BCUT2D eigenvalue weighted by molar-refractivity contribution is 8.26. The Morgan fingerprint density at radius 2 is 2.13 bits per heavy atom. The molecule has 1 saturated heterocycles. The predicted octanol–water partition coefficient (Wildman–Crippen LogP) is 3.44. The summed E-state index contributed by atoms with van der Waals surface area (Å²) in [6, 6.07) is 8.33. The minimum absolute atomic E-state index is 0.193. The fraction of sp³-hybridized carbons (Fsp3) is 0.0625. The second-order valence-electron chi connectivity index (χ2n) is 4.89. The van der Waals surface area contributed by atoms with Crippen molar-refractivity contribution in [2.24, 2.45) is 0 Å². The van der Waals surface area contributed by atoms with E-state index in [1.54, 1.807) is 36.4 Å². The first-order chi connectivity index (χ1) is 10.9. The van der Waals surface area contributed by atoms with Gasteiger partial charge in [-0.3, -0.25) is 4.79 Å². The Morgan fingerprint density at radius 3 is 2.78 bits per heavy atom. The van der Waals surface area contributed by atoms with Gasteiger partial charge in [-0.2, -0.15) is 0 Å². The standard InChI is InChI=1S/C16H11NO4S2/c1-8-2-3-9(15(19)20)6-11(8)12-5-4-10(21-12)7-13-14(18)17-16(22)23-13/h2-7H,1H3,(H,19,20)(H,17,18,22)/b13-7-. The molecule has 7 heteroatoms. The summed E-state index contributed by atoms with van der Waals surface area (Å²) in [4.78, 5) is 23.2. The second kappa shape index (κ2) is 6.02. The summed E-state index contributed by atoms with van der Waals surface area (Å²) < 4.78 is 6.14. The normalized spacial score (nSPS) is 16.0. The van der Waals surface area contributed by atoms with Gasteiger partial charge in [0.2, 0.25) is 0 Å². The molecule has 1 fully saturated rings. The van der Waals surface area contributed by atoms with Crippen LogP contribution < -0.4 is 5.32 Å². The number of aryl methyl sites for hydroxylation is 1. The van der Waals surface area contributed by atoms with Gasteiger partial charge in [-0.1, -0.05) is 30.0 Å². The van der Waals surface area contributed by atoms with Gasteiger partial charge in [0.15, 0.2) is 0 Å². The summed E-state index contributed by atoms with van der Waals surface area (Å²) in [5.74, 6) is -0.194. The quantitative estimate of drug-likeness (QED) is 0.655. The molecule has 2 N–H and O–H groups in total. The lowest BCUT2D eigenvalue weighted by atomic mass is 10.0. The zero-order valence-electron chi connectivity index (χ0n) is 12.0. The third kappa shape index (κ3) is 3.20. The van der Waals surface area contributed by atoms with Crippen LogP contribution in [0.25, 0.3) is 17.4 Å². The molecule has 116 valence electrons. The molecule has 0 aliphatic carbocycles. The van der Waals surface area contributed by atoms with Gasteiger partial charge in [0.25, 0.3) is 5.91 Å². The van der Waals surface area contributed by atoms with Crippen LogP contribution in [0.1, 0.15) is 21.7 Å². The van der Waals surface area contributed by atoms with Gasteiger partial charge in [0.05, 0.1) is 10.5 Å². The number of carbonyl (C=O) groups is 2. The zero-order chi connectivity index (χ0) is 16.6. The predicted molar refractivity (Wildman–Crippen MR) is 92.1 cm³/mol. The van der Waals surface area contributed by atoms with Crippen molar-refractivity contribution in [3.8, 4) is 11.3 Å². The lowest BCUT2D eigenvalue weighted by molar-refractivity contribution is -0.115. The van der Waals surface area contributed by atoms with Gasteiger partial charge in [0, 0.05) is 11.6 Å². The van der Waals surface area contributed by atoms with E-state index in [-0.39, 0.29) is 11.5 Å². The molecule has 1 aromatic heterocycles. The molecule has 1 aliphatic heterocycles. The van der Waals surface area contributed by atoms with Gasteiger partial charge in [0.1, 0.15) is 15.8 Å². The van der Waals surface area contributed by atoms with E-state index in [1.807, 2.05) is 6.92 Å². The van der Waals surface area contributed by atoms with Crippen molar-refractivity contribution in [2.45, 2.75) is 6.92 Å². The van der Waals surface area contributed by atoms with E-state index in [1.165, 1.54) is 11.8 Å². The van der Waals surface area contributed by atoms with Crippen LogP contribution in [0.3, 0.4) is 0 Å². The van der Waals surface area contributed by atoms with Gasteiger partial charge in [-0.05, 0) is 36.8 Å². The summed E-state index contributed by atoms with van der Waals surface area (Å²) >= 11 is 6.11. The molecule has 0 saturated carbocycles. The minimum Gasteiger partial charge on any atom is -0.478 e. The maximum Gasteiger partial charge on any atom is 0.335 e. The Bertz CT molecular complexity index is 867. The number of hydrogen-bond donors (Lipinski definition) is 2. The molecule has 0 atom stereocenters. The highest BCUT2D eigenvalue weighted by atomic mass is 32.2. The number of hydrogen-bond acceptors (Lipinski definition) is 5. The van der Waals surface area contributed by atoms with Gasteiger partial charge in [-0.15, -0.1) is 0 Å². The van der Waals surface area contributed by atoms with Crippen molar-refractivity contribution in [3.05, 3.63) is 52.1 Å². The van der Waals surface area contributed by atoms with Crippen LogP contribution in [0.2, 0.25) is 0 Å². The number of rotatable bonds is 3. The maximum atomic E-state index is 11.6. The van der Waals surface area contributed by atoms with E-state index in [2.05, 4.69) is 5.32 Å². The van der Waals surface area contributed by atoms with Crippen LogP contribution in [0.4, 0.5) is 0 Å². The van der Waals surface area contributed by atoms with Gasteiger partial charge < -0.3 is 14.8 Å². The summed E-state index contributed by atoms with van der Waals surface area (Å²) in [5.41, 5.74) is 1.80. The third-order valence-electron chi connectivity index (χ3n) is 3.29. The average molecular weight is 345 g/mol. The highest BCUT2D eigenvalue weighted by Crippen LogP contribution is 2.30. The summed E-state index contributed by atoms with van der Waals surface area (Å²) in [6.07, 6.45) is 1.61. The van der Waals surface area contributed by atoms with E-state index >= 15 is 0 Å². The van der Waals surface area contributed by atoms with Crippen LogP contribution >= 0.6 is 24.0 Å². The molecule has 1 amide bonds. The summed E-state index contributed by atoms with van der Waals surface area (Å²) in [6.45, 7) is 1.88. The Hall–Kier alpha value is -2.38. The molecule has 1 aliphatic rings. The molecule has 2 heterocycles. The molecule has 2 aromatic rings. The van der Waals surface area contributed by atoms with E-state index < -0.39 is 5.97 Å². The first-order valence-corrected chi connectivity index (χ1v) is 7.85. The lowest BCUT2D eigenvalue weighted by Gasteiger charge is -2.04. The SMILES string of the molecule is Cc1ccc(C(=O)O)cc1-c1ccc(/C=C2\SC(=S)NC2=O)o1. The maximum absolute atomic E-state index is 11.6. The Labute approximate surface area is 141 Å². The number of benzene rings is 1. The van der Waals surface area contributed by atoms with Crippen molar-refractivity contribution in [1.82, 2.24) is 5.32 Å². The number of amides is 1. The van der Waals surface area contributed by atoms with Crippen molar-refractivity contribution < 1.29 is 19.1 Å². The Balaban J connectivity index is 1.95. The minimum atomic E-state index is -0.993. The van der Waals surface area contributed by atoms with Crippen LogP contribution in [-0.4, -0.2) is 21.3 Å². The topological polar surface area (TPSA) is 79.5 Å². The number of thioether (sulfide) groups is 1. The molecule has 0 radical (unpaired) electrons. The van der Waals surface area contributed by atoms with Crippen LogP contribution in [0, 0.1) is 6.92 Å². The number of carboxylic acids is 1. The Kier molecular flexibility index (Phi) is 4.06. The summed E-state index contributed by atoms with van der Waals surface area (Å²) in [5, 5.41) is 11.6. The molecule has 5 nitrogen and oxygen atoms in total. The monoisotopic (exact) mass is 345 g/mol. The fourth-order valence-corrected chi connectivity index (χ4v) is 3.17. The molecular formula is C16H11NO4S2. The number of nitrogens with one attached hydrogen (secondary N) is 1. The van der Waals surface area contributed by atoms with Crippen molar-refractivity contribution in [2.75, 3.05) is 0 Å². The smallest absolute Gasteiger partial charge is 0.335 e. The van der Waals surface area contributed by atoms with Gasteiger partial charge >= 0.3 is 5.97 Å². The molecule has 0 spiro atoms.